The second-order valence-corrected chi connectivity index (χ2v) is 7.05. The number of hydrogen-bond acceptors (Lipinski definition) is 3. The number of amides is 1. The highest BCUT2D eigenvalue weighted by molar-refractivity contribution is 5.95. The molecule has 140 valence electrons. The van der Waals surface area contributed by atoms with E-state index in [1.807, 2.05) is 42.8 Å². The van der Waals surface area contributed by atoms with Gasteiger partial charge in [-0.25, -0.2) is 9.37 Å². The van der Waals surface area contributed by atoms with Gasteiger partial charge in [-0.3, -0.25) is 4.79 Å². The van der Waals surface area contributed by atoms with Crippen LogP contribution in [0.3, 0.4) is 0 Å². The number of anilines is 1. The number of imidazole rings is 1. The summed E-state index contributed by atoms with van der Waals surface area (Å²) in [5.74, 6) is 0.289. The highest BCUT2D eigenvalue weighted by Crippen LogP contribution is 2.41. The van der Waals surface area contributed by atoms with E-state index in [1.54, 1.807) is 22.9 Å². The summed E-state index contributed by atoms with van der Waals surface area (Å²) < 4.78 is 18.1. The first-order valence-corrected chi connectivity index (χ1v) is 9.10. The van der Waals surface area contributed by atoms with Crippen molar-refractivity contribution in [1.29, 1.82) is 0 Å². The zero-order chi connectivity index (χ0) is 19.4. The first kappa shape index (κ1) is 16.7. The van der Waals surface area contributed by atoms with Crippen LogP contribution in [-0.4, -0.2) is 25.2 Å². The third kappa shape index (κ3) is 2.36. The van der Waals surface area contributed by atoms with Crippen molar-refractivity contribution in [2.45, 2.75) is 19.3 Å². The molecule has 0 bridgehead atoms. The Labute approximate surface area is 160 Å². The summed E-state index contributed by atoms with van der Waals surface area (Å²) in [5, 5.41) is 7.58. The normalized spacial score (nSPS) is 16.2. The molecular weight excluding hydrogens is 357 g/mol. The maximum atomic E-state index is 14.5. The number of aryl methyl sites for hydroxylation is 2. The van der Waals surface area contributed by atoms with Crippen molar-refractivity contribution < 1.29 is 9.18 Å². The summed E-state index contributed by atoms with van der Waals surface area (Å²) >= 11 is 0. The number of benzene rings is 2. The molecule has 6 nitrogen and oxygen atoms in total. The third-order valence-corrected chi connectivity index (χ3v) is 5.34. The van der Waals surface area contributed by atoms with Crippen LogP contribution in [0, 0.1) is 12.7 Å². The van der Waals surface area contributed by atoms with Crippen molar-refractivity contribution in [3.63, 3.8) is 0 Å². The lowest BCUT2D eigenvalue weighted by molar-refractivity contribution is -0.116. The highest BCUT2D eigenvalue weighted by Gasteiger charge is 2.34. The predicted molar refractivity (Wildman–Crippen MR) is 104 cm³/mol. The van der Waals surface area contributed by atoms with Crippen molar-refractivity contribution in [3.05, 3.63) is 71.2 Å². The Balaban J connectivity index is 1.73. The highest BCUT2D eigenvalue weighted by atomic mass is 19.1. The fraction of sp³-hybridized carbons (Fsp3) is 0.190. The zero-order valence-electron chi connectivity index (χ0n) is 15.5. The molecule has 28 heavy (non-hydrogen) atoms. The predicted octanol–water partition coefficient (Wildman–Crippen LogP) is 3.68. The van der Waals surface area contributed by atoms with Crippen LogP contribution in [0.5, 0.6) is 0 Å². The quantitative estimate of drug-likeness (QED) is 0.581. The van der Waals surface area contributed by atoms with E-state index < -0.39 is 0 Å². The van der Waals surface area contributed by atoms with E-state index in [9.17, 15) is 9.18 Å². The van der Waals surface area contributed by atoms with Crippen LogP contribution < -0.4 is 5.32 Å². The minimum absolute atomic E-state index is 0.166. The van der Waals surface area contributed by atoms with Gasteiger partial charge in [0.25, 0.3) is 0 Å². The topological polar surface area (TPSA) is 64.7 Å². The Morgan fingerprint density at radius 1 is 1.14 bits per heavy atom. The number of fused-ring (bicyclic) bond motifs is 2. The van der Waals surface area contributed by atoms with E-state index in [2.05, 4.69) is 15.4 Å². The molecule has 1 atom stereocenters. The fourth-order valence-electron chi connectivity index (χ4n) is 4.04. The van der Waals surface area contributed by atoms with Crippen LogP contribution in [0.1, 0.15) is 29.2 Å². The number of para-hydroxylation sites is 2. The van der Waals surface area contributed by atoms with Gasteiger partial charge in [0.2, 0.25) is 11.9 Å². The van der Waals surface area contributed by atoms with Crippen molar-refractivity contribution in [1.82, 2.24) is 19.3 Å². The molecule has 1 amide bonds. The molecule has 2 aromatic heterocycles. The number of carbonyl (C=O) groups is 1. The zero-order valence-corrected chi connectivity index (χ0v) is 15.5. The fourth-order valence-corrected chi connectivity index (χ4v) is 4.04. The van der Waals surface area contributed by atoms with Gasteiger partial charge in [-0.05, 0) is 30.7 Å². The molecule has 0 spiro atoms. The first-order chi connectivity index (χ1) is 13.5. The second kappa shape index (κ2) is 6.02. The number of aromatic nitrogens is 4. The van der Waals surface area contributed by atoms with Crippen molar-refractivity contribution in [3.8, 4) is 5.95 Å². The Hall–Kier alpha value is -3.48. The molecule has 3 heterocycles. The average molecular weight is 375 g/mol. The lowest BCUT2D eigenvalue weighted by Gasteiger charge is -2.24. The summed E-state index contributed by atoms with van der Waals surface area (Å²) in [4.78, 5) is 17.2. The second-order valence-electron chi connectivity index (χ2n) is 7.05. The van der Waals surface area contributed by atoms with Crippen molar-refractivity contribution in [2.75, 3.05) is 5.32 Å². The van der Waals surface area contributed by atoms with Crippen molar-refractivity contribution in [2.24, 2.45) is 7.05 Å². The van der Waals surface area contributed by atoms with E-state index in [0.29, 0.717) is 17.3 Å². The van der Waals surface area contributed by atoms with Gasteiger partial charge in [0.05, 0.1) is 16.7 Å². The molecule has 1 aliphatic rings. The van der Waals surface area contributed by atoms with Crippen LogP contribution in [0.4, 0.5) is 10.2 Å². The third-order valence-electron chi connectivity index (χ3n) is 5.34. The van der Waals surface area contributed by atoms with E-state index in [4.69, 9.17) is 0 Å². The molecule has 0 unspecified atom stereocenters. The molecule has 1 N–H and O–H groups in total. The molecule has 0 aliphatic carbocycles. The maximum absolute atomic E-state index is 14.5. The number of nitrogens with one attached hydrogen (secondary N) is 1. The minimum Gasteiger partial charge on any atom is -0.311 e. The molecule has 7 heteroatoms. The SMILES string of the molecule is Cc1nn(-c2nc3ccccc3n2C)c2c1[C@H](c1ccccc1F)CC(=O)N2. The van der Waals surface area contributed by atoms with Crippen LogP contribution >= 0.6 is 0 Å². The Kier molecular flexibility index (Phi) is 3.58. The van der Waals surface area contributed by atoms with Gasteiger partial charge < -0.3 is 9.88 Å². The summed E-state index contributed by atoms with van der Waals surface area (Å²) in [6, 6.07) is 14.4. The molecule has 0 radical (unpaired) electrons. The van der Waals surface area contributed by atoms with Crippen molar-refractivity contribution >= 4 is 22.8 Å². The lowest BCUT2D eigenvalue weighted by Crippen LogP contribution is -2.25. The standard InChI is InChI=1S/C21H18FN5O/c1-12-19-14(13-7-3-4-8-15(13)22)11-18(28)24-20(19)27(25-12)21-23-16-9-5-6-10-17(16)26(21)2/h3-10,14H,11H2,1-2H3,(H,24,28)/t14-/m0/s1. The number of rotatable bonds is 2. The Bertz CT molecular complexity index is 1240. The summed E-state index contributed by atoms with van der Waals surface area (Å²) in [7, 11) is 1.91. The largest absolute Gasteiger partial charge is 0.311 e. The number of halogens is 1. The smallest absolute Gasteiger partial charge is 0.233 e. The van der Waals surface area contributed by atoms with E-state index in [1.165, 1.54) is 6.07 Å². The van der Waals surface area contributed by atoms with Crippen LogP contribution in [0.2, 0.25) is 0 Å². The van der Waals surface area contributed by atoms with Gasteiger partial charge in [0, 0.05) is 24.9 Å². The Morgan fingerprint density at radius 2 is 1.89 bits per heavy atom. The number of hydrogen-bond donors (Lipinski definition) is 1. The molecule has 4 aromatic rings. The number of nitrogens with zero attached hydrogens (tertiary/aromatic N) is 4. The van der Waals surface area contributed by atoms with Gasteiger partial charge in [-0.1, -0.05) is 30.3 Å². The summed E-state index contributed by atoms with van der Waals surface area (Å²) in [5.41, 5.74) is 3.89. The summed E-state index contributed by atoms with van der Waals surface area (Å²) in [6.45, 7) is 1.88. The minimum atomic E-state index is -0.381. The van der Waals surface area contributed by atoms with Gasteiger partial charge in [-0.2, -0.15) is 9.78 Å². The molecule has 0 saturated carbocycles. The average Bonchev–Trinajstić information content (AvgIpc) is 3.19. The molecular formula is C21H18FN5O. The van der Waals surface area contributed by atoms with Crippen LogP contribution in [-0.2, 0) is 11.8 Å². The molecule has 1 aliphatic heterocycles. The van der Waals surface area contributed by atoms with Gasteiger partial charge in [0.1, 0.15) is 11.6 Å². The summed E-state index contributed by atoms with van der Waals surface area (Å²) in [6.07, 6.45) is 0.184. The molecule has 2 aromatic carbocycles. The van der Waals surface area contributed by atoms with Crippen LogP contribution in [0.25, 0.3) is 17.0 Å². The lowest BCUT2D eigenvalue weighted by atomic mass is 9.85. The monoisotopic (exact) mass is 375 g/mol. The first-order valence-electron chi connectivity index (χ1n) is 9.10. The molecule has 0 saturated heterocycles. The van der Waals surface area contributed by atoms with Gasteiger partial charge >= 0.3 is 0 Å². The van der Waals surface area contributed by atoms with Gasteiger partial charge in [-0.15, -0.1) is 0 Å². The van der Waals surface area contributed by atoms with E-state index in [-0.39, 0.29) is 24.1 Å². The molecule has 0 fully saturated rings. The molecule has 5 rings (SSSR count). The van der Waals surface area contributed by atoms with E-state index >= 15 is 0 Å². The Morgan fingerprint density at radius 3 is 2.68 bits per heavy atom. The number of carbonyl (C=O) groups excluding carboxylic acids is 1. The van der Waals surface area contributed by atoms with Gasteiger partial charge in [0.15, 0.2) is 0 Å². The van der Waals surface area contributed by atoms with E-state index in [0.717, 1.165) is 22.3 Å². The maximum Gasteiger partial charge on any atom is 0.233 e. The van der Waals surface area contributed by atoms with Crippen LogP contribution in [0.15, 0.2) is 48.5 Å².